The third-order valence-electron chi connectivity index (χ3n) is 7.09. The first-order valence-corrected chi connectivity index (χ1v) is 15.0. The van der Waals surface area contributed by atoms with Gasteiger partial charge in [0.05, 0.1) is 30.8 Å². The highest BCUT2D eigenvalue weighted by Gasteiger charge is 2.39. The molecule has 1 aromatic heterocycles. The van der Waals surface area contributed by atoms with Crippen LogP contribution in [0.5, 0.6) is 0 Å². The number of thiazole rings is 1. The number of hydrogen-bond acceptors (Lipinski definition) is 9. The summed E-state index contributed by atoms with van der Waals surface area (Å²) in [5, 5.41) is 15.5. The van der Waals surface area contributed by atoms with Crippen molar-refractivity contribution in [2.75, 3.05) is 26.3 Å². The SMILES string of the molecule is CCOC(=O)C1=C(CN2CCO[C@H](C(C)C)[C@H]2CC(C)C(=O)O)NC(c2nccs2)=N[C@H]1c1ccc(F)cc1Br. The molecule has 12 heteroatoms. The van der Waals surface area contributed by atoms with E-state index in [1.54, 1.807) is 26.1 Å². The number of carbonyl (C=O) groups excluding carboxylic acids is 1. The van der Waals surface area contributed by atoms with E-state index in [9.17, 15) is 19.1 Å². The first-order chi connectivity index (χ1) is 19.1. The fourth-order valence-electron chi connectivity index (χ4n) is 5.14. The summed E-state index contributed by atoms with van der Waals surface area (Å²) in [6, 6.07) is 3.30. The number of carboxylic acid groups (broad SMARTS) is 1. The zero-order valence-electron chi connectivity index (χ0n) is 22.9. The van der Waals surface area contributed by atoms with Gasteiger partial charge in [-0.3, -0.25) is 14.7 Å². The molecule has 1 fully saturated rings. The van der Waals surface area contributed by atoms with E-state index in [2.05, 4.69) is 45.0 Å². The first-order valence-electron chi connectivity index (χ1n) is 13.3. The fourth-order valence-corrected chi connectivity index (χ4v) is 6.30. The van der Waals surface area contributed by atoms with Crippen LogP contribution in [0, 0.1) is 17.7 Å². The molecule has 3 heterocycles. The van der Waals surface area contributed by atoms with E-state index in [0.29, 0.717) is 58.3 Å². The average Bonchev–Trinajstić information content (AvgIpc) is 3.44. The van der Waals surface area contributed by atoms with Crippen molar-refractivity contribution in [3.05, 3.63) is 61.9 Å². The third kappa shape index (κ3) is 6.79. The molecule has 9 nitrogen and oxygen atoms in total. The second kappa shape index (κ2) is 13.3. The van der Waals surface area contributed by atoms with Gasteiger partial charge in [0, 0.05) is 40.9 Å². The molecule has 216 valence electrons. The van der Waals surface area contributed by atoms with Gasteiger partial charge < -0.3 is 19.9 Å². The van der Waals surface area contributed by atoms with Crippen LogP contribution in [-0.2, 0) is 19.1 Å². The van der Waals surface area contributed by atoms with Gasteiger partial charge in [0.1, 0.15) is 11.9 Å². The Morgan fingerprint density at radius 3 is 2.75 bits per heavy atom. The van der Waals surface area contributed by atoms with Gasteiger partial charge in [0.15, 0.2) is 10.8 Å². The van der Waals surface area contributed by atoms with Crippen LogP contribution in [0.4, 0.5) is 4.39 Å². The average molecular weight is 638 g/mol. The molecule has 2 aliphatic rings. The number of amidine groups is 1. The molecule has 4 rings (SSSR count). The number of aromatic nitrogens is 1. The molecule has 4 atom stereocenters. The highest BCUT2D eigenvalue weighted by atomic mass is 79.9. The van der Waals surface area contributed by atoms with Crippen molar-refractivity contribution in [2.45, 2.75) is 52.3 Å². The number of rotatable bonds is 10. The minimum Gasteiger partial charge on any atom is -0.481 e. The molecule has 0 saturated carbocycles. The molecule has 1 saturated heterocycles. The summed E-state index contributed by atoms with van der Waals surface area (Å²) in [7, 11) is 0. The minimum atomic E-state index is -0.866. The summed E-state index contributed by atoms with van der Waals surface area (Å²) >= 11 is 4.86. The number of nitrogens with zero attached hydrogens (tertiary/aromatic N) is 3. The molecule has 0 radical (unpaired) electrons. The Bertz CT molecular complexity index is 1290. The predicted octanol–water partition coefficient (Wildman–Crippen LogP) is 4.79. The molecule has 2 N–H and O–H groups in total. The summed E-state index contributed by atoms with van der Waals surface area (Å²) in [5.74, 6) is -1.75. The molecular formula is C28H34BrFN4O5S. The lowest BCUT2D eigenvalue weighted by molar-refractivity contribution is -0.144. The Hall–Kier alpha value is -2.67. The molecule has 2 aromatic rings. The summed E-state index contributed by atoms with van der Waals surface area (Å²) in [6.45, 7) is 9.05. The van der Waals surface area contributed by atoms with Crippen LogP contribution < -0.4 is 5.32 Å². The Labute approximate surface area is 245 Å². The molecule has 0 bridgehead atoms. The summed E-state index contributed by atoms with van der Waals surface area (Å²) in [4.78, 5) is 36.8. The first kappa shape index (κ1) is 30.3. The number of hydrogen-bond donors (Lipinski definition) is 2. The highest BCUT2D eigenvalue weighted by Crippen LogP contribution is 2.38. The number of halogens is 2. The lowest BCUT2D eigenvalue weighted by Gasteiger charge is -2.44. The summed E-state index contributed by atoms with van der Waals surface area (Å²) in [6.07, 6.45) is 1.89. The third-order valence-corrected chi connectivity index (χ3v) is 8.55. The van der Waals surface area contributed by atoms with Gasteiger partial charge in [0.2, 0.25) is 0 Å². The van der Waals surface area contributed by atoms with E-state index in [-0.39, 0.29) is 24.7 Å². The normalized spacial score (nSPS) is 22.6. The van der Waals surface area contributed by atoms with Crippen molar-refractivity contribution in [3.63, 3.8) is 0 Å². The van der Waals surface area contributed by atoms with Crippen LogP contribution in [0.1, 0.15) is 50.7 Å². The lowest BCUT2D eigenvalue weighted by atomic mass is 9.89. The number of morpholine rings is 1. The van der Waals surface area contributed by atoms with Gasteiger partial charge in [-0.1, -0.05) is 42.8 Å². The van der Waals surface area contributed by atoms with Crippen LogP contribution in [-0.4, -0.2) is 71.2 Å². The Morgan fingerprint density at radius 1 is 1.35 bits per heavy atom. The maximum absolute atomic E-state index is 14.0. The van der Waals surface area contributed by atoms with Crippen molar-refractivity contribution >= 4 is 45.0 Å². The zero-order valence-corrected chi connectivity index (χ0v) is 25.3. The lowest BCUT2D eigenvalue weighted by Crippen LogP contribution is -2.55. The monoisotopic (exact) mass is 636 g/mol. The maximum atomic E-state index is 14.0. The van der Waals surface area contributed by atoms with E-state index >= 15 is 0 Å². The topological polar surface area (TPSA) is 113 Å². The second-order valence-electron chi connectivity index (χ2n) is 10.2. The number of carbonyl (C=O) groups is 2. The van der Waals surface area contributed by atoms with Crippen LogP contribution >= 0.6 is 27.3 Å². The Morgan fingerprint density at radius 2 is 2.12 bits per heavy atom. The van der Waals surface area contributed by atoms with Crippen LogP contribution in [0.2, 0.25) is 0 Å². The van der Waals surface area contributed by atoms with Gasteiger partial charge in [-0.15, -0.1) is 11.3 Å². The van der Waals surface area contributed by atoms with Gasteiger partial charge in [-0.2, -0.15) is 0 Å². The van der Waals surface area contributed by atoms with Crippen molar-refractivity contribution in [1.29, 1.82) is 0 Å². The summed E-state index contributed by atoms with van der Waals surface area (Å²) in [5.41, 5.74) is 1.50. The number of nitrogens with one attached hydrogen (secondary N) is 1. The van der Waals surface area contributed by atoms with Crippen molar-refractivity contribution in [3.8, 4) is 0 Å². The van der Waals surface area contributed by atoms with Crippen LogP contribution in [0.15, 0.2) is 50.5 Å². The minimum absolute atomic E-state index is 0.155. The molecule has 2 aliphatic heterocycles. The van der Waals surface area contributed by atoms with Crippen molar-refractivity contribution < 1.29 is 28.6 Å². The molecule has 1 aromatic carbocycles. The number of aliphatic imine (C=N–C) groups is 1. The standard InChI is InChI=1S/C28H34BrFN4O5S/c1-5-38-28(37)22-20(14-34-9-10-39-24(15(2)3)21(34)12-16(4)27(35)36)32-25(26-31-8-11-40-26)33-23(22)18-7-6-17(30)13-19(18)29/h6-8,11,13,15-16,21,23-24H,5,9-10,12,14H2,1-4H3,(H,32,33)(H,35,36)/t16?,21-,23+,24-/m1/s1. The number of ether oxygens (including phenoxy) is 2. The number of carboxylic acids is 1. The number of benzene rings is 1. The van der Waals surface area contributed by atoms with Gasteiger partial charge >= 0.3 is 11.9 Å². The van der Waals surface area contributed by atoms with Gasteiger partial charge in [-0.25, -0.2) is 14.2 Å². The number of esters is 1. The van der Waals surface area contributed by atoms with Gasteiger partial charge in [0.25, 0.3) is 0 Å². The van der Waals surface area contributed by atoms with E-state index in [1.807, 2.05) is 5.38 Å². The van der Waals surface area contributed by atoms with Gasteiger partial charge in [-0.05, 0) is 37.0 Å². The number of aliphatic carboxylic acids is 1. The van der Waals surface area contributed by atoms with Crippen molar-refractivity contribution in [2.24, 2.45) is 16.8 Å². The molecule has 0 aliphatic carbocycles. The smallest absolute Gasteiger partial charge is 0.338 e. The van der Waals surface area contributed by atoms with E-state index in [1.165, 1.54) is 23.5 Å². The Balaban J connectivity index is 1.82. The highest BCUT2D eigenvalue weighted by molar-refractivity contribution is 9.10. The second-order valence-corrected chi connectivity index (χ2v) is 12.0. The van der Waals surface area contributed by atoms with E-state index in [0.717, 1.165) is 0 Å². The van der Waals surface area contributed by atoms with E-state index < -0.39 is 29.7 Å². The zero-order chi connectivity index (χ0) is 29.0. The van der Waals surface area contributed by atoms with E-state index in [4.69, 9.17) is 14.5 Å². The van der Waals surface area contributed by atoms with Crippen LogP contribution in [0.25, 0.3) is 0 Å². The van der Waals surface area contributed by atoms with Crippen LogP contribution in [0.3, 0.4) is 0 Å². The predicted molar refractivity (Wildman–Crippen MR) is 154 cm³/mol. The quantitative estimate of drug-likeness (QED) is 0.358. The molecule has 1 unspecified atom stereocenters. The summed E-state index contributed by atoms with van der Waals surface area (Å²) < 4.78 is 26.1. The molecule has 0 amide bonds. The largest absolute Gasteiger partial charge is 0.481 e. The molecular weight excluding hydrogens is 603 g/mol. The van der Waals surface area contributed by atoms with Crippen molar-refractivity contribution in [1.82, 2.24) is 15.2 Å². The fraction of sp³-hybridized carbons (Fsp3) is 0.500. The Kier molecular flexibility index (Phi) is 10.1. The molecule has 0 spiro atoms. The maximum Gasteiger partial charge on any atom is 0.338 e. The molecule has 40 heavy (non-hydrogen) atoms.